The molecule has 3 rings (SSSR count). The van der Waals surface area contributed by atoms with Gasteiger partial charge < -0.3 is 0 Å². The van der Waals surface area contributed by atoms with E-state index in [1.807, 2.05) is 12.1 Å². The summed E-state index contributed by atoms with van der Waals surface area (Å²) in [5.41, 5.74) is 4.82. The molecule has 0 aliphatic rings. The lowest BCUT2D eigenvalue weighted by atomic mass is 9.95. The minimum absolute atomic E-state index is 0.759. The van der Waals surface area contributed by atoms with Crippen molar-refractivity contribution in [1.82, 2.24) is 0 Å². The molecule has 3 aromatic carbocycles. The molecule has 0 aliphatic heterocycles. The molecular formula is C18H12BrCl. The van der Waals surface area contributed by atoms with Crippen molar-refractivity contribution < 1.29 is 0 Å². The Bertz CT molecular complexity index is 651. The molecule has 0 atom stereocenters. The zero-order valence-corrected chi connectivity index (χ0v) is 13.0. The van der Waals surface area contributed by atoms with Gasteiger partial charge in [0.25, 0.3) is 0 Å². The normalized spacial score (nSPS) is 10.5. The molecule has 0 radical (unpaired) electrons. The van der Waals surface area contributed by atoms with E-state index in [9.17, 15) is 0 Å². The molecule has 0 bridgehead atoms. The van der Waals surface area contributed by atoms with Crippen LogP contribution < -0.4 is 0 Å². The monoisotopic (exact) mass is 342 g/mol. The van der Waals surface area contributed by atoms with Crippen LogP contribution in [0.4, 0.5) is 0 Å². The predicted molar refractivity (Wildman–Crippen MR) is 90.0 cm³/mol. The van der Waals surface area contributed by atoms with Gasteiger partial charge in [-0.1, -0.05) is 76.1 Å². The Morgan fingerprint density at radius 2 is 1.05 bits per heavy atom. The molecule has 3 aromatic rings. The van der Waals surface area contributed by atoms with Crippen LogP contribution in [0, 0.1) is 0 Å². The molecular weight excluding hydrogens is 332 g/mol. The lowest BCUT2D eigenvalue weighted by Crippen LogP contribution is -1.84. The molecule has 0 N–H and O–H groups in total. The molecule has 0 heterocycles. The van der Waals surface area contributed by atoms with Gasteiger partial charge in [-0.2, -0.15) is 0 Å². The highest BCUT2D eigenvalue weighted by Crippen LogP contribution is 2.33. The van der Waals surface area contributed by atoms with Crippen molar-refractivity contribution in [3.63, 3.8) is 0 Å². The molecule has 0 aliphatic carbocycles. The lowest BCUT2D eigenvalue weighted by molar-refractivity contribution is 1.57. The van der Waals surface area contributed by atoms with Crippen molar-refractivity contribution in [2.24, 2.45) is 0 Å². The van der Waals surface area contributed by atoms with Crippen molar-refractivity contribution in [3.05, 3.63) is 82.3 Å². The van der Waals surface area contributed by atoms with Gasteiger partial charge in [0.2, 0.25) is 0 Å². The van der Waals surface area contributed by atoms with Crippen LogP contribution in [0.2, 0.25) is 5.02 Å². The molecule has 0 nitrogen and oxygen atoms in total. The molecule has 2 heteroatoms. The van der Waals surface area contributed by atoms with E-state index in [1.165, 1.54) is 22.3 Å². The molecule has 98 valence electrons. The summed E-state index contributed by atoms with van der Waals surface area (Å²) in [5, 5.41) is 0.759. The van der Waals surface area contributed by atoms with Gasteiger partial charge in [0, 0.05) is 9.50 Å². The van der Waals surface area contributed by atoms with E-state index in [4.69, 9.17) is 11.6 Å². The first-order valence-electron chi connectivity index (χ1n) is 6.35. The lowest BCUT2D eigenvalue weighted by Gasteiger charge is -2.10. The fraction of sp³-hybridized carbons (Fsp3) is 0. The molecule has 20 heavy (non-hydrogen) atoms. The van der Waals surface area contributed by atoms with Crippen molar-refractivity contribution >= 4 is 27.5 Å². The largest absolute Gasteiger partial charge is 0.0843 e. The van der Waals surface area contributed by atoms with E-state index < -0.39 is 0 Å². The standard InChI is InChI=1S/C18H12BrCl/c19-15-9-5-13(6-10-15)17-3-1-2-4-18(17)14-7-11-16(20)12-8-14/h1-12H. The van der Waals surface area contributed by atoms with E-state index in [0.29, 0.717) is 0 Å². The summed E-state index contributed by atoms with van der Waals surface area (Å²) in [6, 6.07) is 24.8. The molecule has 0 fully saturated rings. The quantitative estimate of drug-likeness (QED) is 0.502. The SMILES string of the molecule is Clc1ccc(-c2ccccc2-c2ccc(Br)cc2)cc1. The third-order valence-electron chi connectivity index (χ3n) is 3.24. The maximum absolute atomic E-state index is 5.97. The third kappa shape index (κ3) is 2.79. The summed E-state index contributed by atoms with van der Waals surface area (Å²) in [4.78, 5) is 0. The van der Waals surface area contributed by atoms with E-state index in [0.717, 1.165) is 9.50 Å². The van der Waals surface area contributed by atoms with E-state index >= 15 is 0 Å². The second-order valence-corrected chi connectivity index (χ2v) is 5.91. The molecule has 0 unspecified atom stereocenters. The Kier molecular flexibility index (Phi) is 3.90. The van der Waals surface area contributed by atoms with Gasteiger partial charge in [-0.05, 0) is 46.5 Å². The second kappa shape index (κ2) is 5.82. The van der Waals surface area contributed by atoms with Gasteiger partial charge in [-0.25, -0.2) is 0 Å². The van der Waals surface area contributed by atoms with E-state index in [-0.39, 0.29) is 0 Å². The first kappa shape index (κ1) is 13.4. The summed E-state index contributed by atoms with van der Waals surface area (Å²) in [6.45, 7) is 0. The van der Waals surface area contributed by atoms with Crippen LogP contribution >= 0.6 is 27.5 Å². The molecule has 0 aromatic heterocycles. The molecule has 0 saturated heterocycles. The Hall–Kier alpha value is -1.57. The van der Waals surface area contributed by atoms with Gasteiger partial charge in [0.05, 0.1) is 0 Å². The maximum atomic E-state index is 5.97. The minimum atomic E-state index is 0.759. The third-order valence-corrected chi connectivity index (χ3v) is 4.02. The van der Waals surface area contributed by atoms with E-state index in [1.54, 1.807) is 0 Å². The van der Waals surface area contributed by atoms with Gasteiger partial charge in [0.15, 0.2) is 0 Å². The van der Waals surface area contributed by atoms with Gasteiger partial charge >= 0.3 is 0 Å². The van der Waals surface area contributed by atoms with Crippen LogP contribution in [0.25, 0.3) is 22.3 Å². The summed E-state index contributed by atoms with van der Waals surface area (Å²) >= 11 is 9.44. The summed E-state index contributed by atoms with van der Waals surface area (Å²) in [7, 11) is 0. The Labute approximate surface area is 132 Å². The number of benzene rings is 3. The maximum Gasteiger partial charge on any atom is 0.0406 e. The van der Waals surface area contributed by atoms with Crippen LogP contribution in [-0.4, -0.2) is 0 Å². The number of rotatable bonds is 2. The minimum Gasteiger partial charge on any atom is -0.0843 e. The topological polar surface area (TPSA) is 0 Å². The average molecular weight is 344 g/mol. The highest BCUT2D eigenvalue weighted by atomic mass is 79.9. The van der Waals surface area contributed by atoms with Gasteiger partial charge in [0.1, 0.15) is 0 Å². The van der Waals surface area contributed by atoms with Crippen LogP contribution in [0.1, 0.15) is 0 Å². The highest BCUT2D eigenvalue weighted by Gasteiger charge is 2.06. The first-order chi connectivity index (χ1) is 9.74. The van der Waals surface area contributed by atoms with Crippen LogP contribution in [0.15, 0.2) is 77.3 Å². The van der Waals surface area contributed by atoms with Crippen LogP contribution in [0.5, 0.6) is 0 Å². The first-order valence-corrected chi connectivity index (χ1v) is 7.52. The van der Waals surface area contributed by atoms with Crippen molar-refractivity contribution in [3.8, 4) is 22.3 Å². The number of hydrogen-bond acceptors (Lipinski definition) is 0. The Balaban J connectivity index is 2.13. The van der Waals surface area contributed by atoms with Crippen molar-refractivity contribution in [2.45, 2.75) is 0 Å². The highest BCUT2D eigenvalue weighted by molar-refractivity contribution is 9.10. The van der Waals surface area contributed by atoms with E-state index in [2.05, 4.69) is 76.6 Å². The van der Waals surface area contributed by atoms with Crippen LogP contribution in [-0.2, 0) is 0 Å². The molecule has 0 spiro atoms. The van der Waals surface area contributed by atoms with Gasteiger partial charge in [-0.15, -0.1) is 0 Å². The predicted octanol–water partition coefficient (Wildman–Crippen LogP) is 6.44. The fourth-order valence-corrected chi connectivity index (χ4v) is 2.64. The number of hydrogen-bond donors (Lipinski definition) is 0. The average Bonchev–Trinajstić information content (AvgIpc) is 2.49. The van der Waals surface area contributed by atoms with Crippen molar-refractivity contribution in [1.29, 1.82) is 0 Å². The van der Waals surface area contributed by atoms with Gasteiger partial charge in [-0.3, -0.25) is 0 Å². The molecule has 0 saturated carbocycles. The van der Waals surface area contributed by atoms with Crippen molar-refractivity contribution in [2.75, 3.05) is 0 Å². The summed E-state index contributed by atoms with van der Waals surface area (Å²) in [6.07, 6.45) is 0. The fourth-order valence-electron chi connectivity index (χ4n) is 2.25. The molecule has 0 amide bonds. The smallest absolute Gasteiger partial charge is 0.0406 e. The zero-order chi connectivity index (χ0) is 13.9. The summed E-state index contributed by atoms with van der Waals surface area (Å²) < 4.78 is 1.09. The second-order valence-electron chi connectivity index (χ2n) is 4.56. The van der Waals surface area contributed by atoms with Crippen LogP contribution in [0.3, 0.4) is 0 Å². The summed E-state index contributed by atoms with van der Waals surface area (Å²) in [5.74, 6) is 0. The Morgan fingerprint density at radius 3 is 1.55 bits per heavy atom. The Morgan fingerprint density at radius 1 is 0.600 bits per heavy atom. The zero-order valence-electron chi connectivity index (χ0n) is 10.7. The number of halogens is 2.